The van der Waals surface area contributed by atoms with Crippen LogP contribution in [0.15, 0.2) is 73.3 Å². The molecule has 2 heteroatoms. The highest BCUT2D eigenvalue weighted by atomic mass is 32.1. The Balaban J connectivity index is 2.32. The summed E-state index contributed by atoms with van der Waals surface area (Å²) >= 11 is 5.57. The van der Waals surface area contributed by atoms with E-state index < -0.39 is 0 Å². The van der Waals surface area contributed by atoms with Crippen LogP contribution in [-0.4, -0.2) is 11.5 Å². The van der Waals surface area contributed by atoms with Gasteiger partial charge in [0.15, 0.2) is 0 Å². The topological polar surface area (TPSA) is 3.24 Å². The number of nitrogens with zero attached hydrogens (tertiary/aromatic N) is 1. The average Bonchev–Trinajstić information content (AvgIpc) is 2.46. The molecule has 0 fully saturated rings. The molecule has 0 aromatic heterocycles. The Morgan fingerprint density at radius 2 is 1.56 bits per heavy atom. The molecule has 90 valence electrons. The van der Waals surface area contributed by atoms with E-state index in [4.69, 9.17) is 12.2 Å². The second kappa shape index (κ2) is 6.12. The van der Waals surface area contributed by atoms with Gasteiger partial charge in [0, 0.05) is 17.8 Å². The van der Waals surface area contributed by atoms with Crippen molar-refractivity contribution >= 4 is 22.9 Å². The summed E-state index contributed by atoms with van der Waals surface area (Å²) in [6.45, 7) is 4.51. The van der Waals surface area contributed by atoms with E-state index in [1.807, 2.05) is 54.6 Å². The molecule has 0 bridgehead atoms. The van der Waals surface area contributed by atoms with Crippen molar-refractivity contribution < 1.29 is 0 Å². The molecule has 0 spiro atoms. The summed E-state index contributed by atoms with van der Waals surface area (Å²) in [4.78, 5) is 2.90. The molecule has 2 rings (SSSR count). The Bertz CT molecular complexity index is 519. The smallest absolute Gasteiger partial charge is 0.113 e. The first-order valence-electron chi connectivity index (χ1n) is 5.86. The van der Waals surface area contributed by atoms with Gasteiger partial charge in [0.25, 0.3) is 0 Å². The molecule has 0 aliphatic heterocycles. The normalized spacial score (nSPS) is 9.78. The molecular weight excluding hydrogens is 238 g/mol. The van der Waals surface area contributed by atoms with E-state index in [2.05, 4.69) is 23.6 Å². The maximum absolute atomic E-state index is 5.57. The number of hydrogen-bond donors (Lipinski definition) is 0. The van der Waals surface area contributed by atoms with E-state index in [0.717, 1.165) is 16.2 Å². The van der Waals surface area contributed by atoms with Crippen LogP contribution in [-0.2, 0) is 0 Å². The minimum atomic E-state index is 0.706. The second-order valence-corrected chi connectivity index (χ2v) is 4.29. The van der Waals surface area contributed by atoms with E-state index >= 15 is 0 Å². The molecule has 0 amide bonds. The fourth-order valence-electron chi connectivity index (χ4n) is 1.78. The highest BCUT2D eigenvalue weighted by molar-refractivity contribution is 7.81. The predicted octanol–water partition coefficient (Wildman–Crippen LogP) is 4.05. The van der Waals surface area contributed by atoms with Gasteiger partial charge in [-0.25, -0.2) is 0 Å². The first-order chi connectivity index (χ1) is 8.83. The standard InChI is InChI=1S/C16H15NS/c1-2-13-17(15-11-7-4-8-12-15)16(18)14-9-5-3-6-10-14/h2-12H,1,13H2. The number of anilines is 1. The minimum absolute atomic E-state index is 0.706. The largest absolute Gasteiger partial charge is 0.328 e. The van der Waals surface area contributed by atoms with Crippen LogP contribution in [0.3, 0.4) is 0 Å². The van der Waals surface area contributed by atoms with Crippen molar-refractivity contribution in [2.24, 2.45) is 0 Å². The molecule has 0 aliphatic carbocycles. The van der Waals surface area contributed by atoms with Crippen LogP contribution in [0, 0.1) is 0 Å². The molecule has 0 N–H and O–H groups in total. The lowest BCUT2D eigenvalue weighted by Gasteiger charge is -2.24. The molecule has 0 saturated carbocycles. The minimum Gasteiger partial charge on any atom is -0.328 e. The molecule has 18 heavy (non-hydrogen) atoms. The van der Waals surface area contributed by atoms with Crippen molar-refractivity contribution in [3.63, 3.8) is 0 Å². The zero-order valence-corrected chi connectivity index (χ0v) is 10.9. The Morgan fingerprint density at radius 3 is 2.11 bits per heavy atom. The number of para-hydroxylation sites is 1. The quantitative estimate of drug-likeness (QED) is 0.597. The van der Waals surface area contributed by atoms with Gasteiger partial charge in [-0.15, -0.1) is 6.58 Å². The Labute approximate surface area is 113 Å². The number of benzene rings is 2. The summed E-state index contributed by atoms with van der Waals surface area (Å²) in [5.41, 5.74) is 2.14. The molecule has 0 aliphatic rings. The predicted molar refractivity (Wildman–Crippen MR) is 82.1 cm³/mol. The average molecular weight is 253 g/mol. The van der Waals surface area contributed by atoms with Crippen LogP contribution >= 0.6 is 12.2 Å². The van der Waals surface area contributed by atoms with Crippen LogP contribution in [0.4, 0.5) is 5.69 Å². The molecule has 2 aromatic carbocycles. The lowest BCUT2D eigenvalue weighted by molar-refractivity contribution is 1.16. The Kier molecular flexibility index (Phi) is 4.26. The first kappa shape index (κ1) is 12.5. The summed E-state index contributed by atoms with van der Waals surface area (Å²) < 4.78 is 0. The van der Waals surface area contributed by atoms with Gasteiger partial charge >= 0.3 is 0 Å². The highest BCUT2D eigenvalue weighted by Crippen LogP contribution is 2.17. The van der Waals surface area contributed by atoms with Crippen molar-refractivity contribution in [1.82, 2.24) is 0 Å². The molecule has 1 nitrogen and oxygen atoms in total. The number of rotatable bonds is 4. The monoisotopic (exact) mass is 253 g/mol. The molecule has 2 aromatic rings. The van der Waals surface area contributed by atoms with Crippen molar-refractivity contribution in [3.8, 4) is 0 Å². The first-order valence-corrected chi connectivity index (χ1v) is 6.26. The molecule has 0 atom stereocenters. The van der Waals surface area contributed by atoms with Gasteiger partial charge in [0.1, 0.15) is 4.99 Å². The van der Waals surface area contributed by atoms with Crippen LogP contribution in [0.1, 0.15) is 5.56 Å². The number of hydrogen-bond acceptors (Lipinski definition) is 1. The molecule has 0 saturated heterocycles. The zero-order valence-electron chi connectivity index (χ0n) is 10.1. The maximum atomic E-state index is 5.57. The molecule has 0 radical (unpaired) electrons. The fraction of sp³-hybridized carbons (Fsp3) is 0.0625. The van der Waals surface area contributed by atoms with Gasteiger partial charge in [-0.3, -0.25) is 0 Å². The van der Waals surface area contributed by atoms with Crippen molar-refractivity contribution in [2.45, 2.75) is 0 Å². The Morgan fingerprint density at radius 1 is 1.00 bits per heavy atom. The van der Waals surface area contributed by atoms with E-state index in [0.29, 0.717) is 6.54 Å². The van der Waals surface area contributed by atoms with Gasteiger partial charge in [0.05, 0.1) is 0 Å². The summed E-state index contributed by atoms with van der Waals surface area (Å²) in [6, 6.07) is 20.2. The van der Waals surface area contributed by atoms with Crippen molar-refractivity contribution in [1.29, 1.82) is 0 Å². The van der Waals surface area contributed by atoms with Crippen LogP contribution in [0.5, 0.6) is 0 Å². The maximum Gasteiger partial charge on any atom is 0.113 e. The molecule has 0 heterocycles. The van der Waals surface area contributed by atoms with E-state index in [9.17, 15) is 0 Å². The summed E-state index contributed by atoms with van der Waals surface area (Å²) in [7, 11) is 0. The third-order valence-electron chi connectivity index (χ3n) is 2.65. The Hall–Kier alpha value is -1.93. The van der Waals surface area contributed by atoms with Gasteiger partial charge in [-0.1, -0.05) is 66.8 Å². The van der Waals surface area contributed by atoms with Gasteiger partial charge in [-0.05, 0) is 12.1 Å². The second-order valence-electron chi connectivity index (χ2n) is 3.91. The van der Waals surface area contributed by atoms with E-state index in [1.54, 1.807) is 0 Å². The third-order valence-corrected chi connectivity index (χ3v) is 3.10. The number of thiocarbonyl (C=S) groups is 1. The lowest BCUT2D eigenvalue weighted by atomic mass is 10.2. The van der Waals surface area contributed by atoms with Crippen LogP contribution in [0.25, 0.3) is 0 Å². The lowest BCUT2D eigenvalue weighted by Crippen LogP contribution is -2.30. The van der Waals surface area contributed by atoms with Crippen molar-refractivity contribution in [3.05, 3.63) is 78.9 Å². The molecule has 0 unspecified atom stereocenters. The van der Waals surface area contributed by atoms with Crippen molar-refractivity contribution in [2.75, 3.05) is 11.4 Å². The fourth-order valence-corrected chi connectivity index (χ4v) is 2.10. The summed E-state index contributed by atoms with van der Waals surface area (Å²) in [6.07, 6.45) is 1.86. The SMILES string of the molecule is C=CCN(C(=S)c1ccccc1)c1ccccc1. The van der Waals surface area contributed by atoms with Gasteiger partial charge < -0.3 is 4.90 Å². The van der Waals surface area contributed by atoms with E-state index in [1.165, 1.54) is 0 Å². The summed E-state index contributed by atoms with van der Waals surface area (Å²) in [5.74, 6) is 0. The van der Waals surface area contributed by atoms with E-state index in [-0.39, 0.29) is 0 Å². The third kappa shape index (κ3) is 2.84. The van der Waals surface area contributed by atoms with Crippen LogP contribution < -0.4 is 4.90 Å². The molecular formula is C16H15NS. The zero-order chi connectivity index (χ0) is 12.8. The van der Waals surface area contributed by atoms with Gasteiger partial charge in [0.2, 0.25) is 0 Å². The summed E-state index contributed by atoms with van der Waals surface area (Å²) in [5, 5.41) is 0. The highest BCUT2D eigenvalue weighted by Gasteiger charge is 2.11. The van der Waals surface area contributed by atoms with Gasteiger partial charge in [-0.2, -0.15) is 0 Å². The van der Waals surface area contributed by atoms with Crippen LogP contribution in [0.2, 0.25) is 0 Å².